The predicted octanol–water partition coefficient (Wildman–Crippen LogP) is 4.39. The normalized spacial score (nSPS) is 13.8. The minimum Gasteiger partial charge on any atom is -0.428 e. The first-order chi connectivity index (χ1) is 8.54. The average molecular weight is 316 g/mol. The number of halogens is 5. The summed E-state index contributed by atoms with van der Waals surface area (Å²) >= 11 is 0. The minimum absolute atomic E-state index is 0. The topological polar surface area (TPSA) is 35.2 Å². The zero-order valence-electron chi connectivity index (χ0n) is 11.4. The van der Waals surface area contributed by atoms with Gasteiger partial charge in [-0.15, -0.1) is 12.4 Å². The molecule has 0 aliphatic carbocycles. The Morgan fingerprint density at radius 1 is 1.05 bits per heavy atom. The monoisotopic (exact) mass is 315 g/mol. The Balaban J connectivity index is 0.00000361. The maximum absolute atomic E-state index is 12.7. The zero-order chi connectivity index (χ0) is 14.8. The summed E-state index contributed by atoms with van der Waals surface area (Å²) < 4.78 is 53.3. The molecule has 0 unspecified atom stereocenters. The molecule has 1 atom stereocenters. The van der Waals surface area contributed by atoms with Crippen molar-refractivity contribution in [3.05, 3.63) is 29.8 Å². The second kappa shape index (κ2) is 6.63. The predicted molar refractivity (Wildman–Crippen MR) is 71.7 cm³/mol. The van der Waals surface area contributed by atoms with E-state index in [4.69, 9.17) is 5.73 Å². The standard InChI is InChI=1S/C13H17F4NO.ClH/c1-12(2,3)10(18)8-4-6-9(7-5-8)19-13(16,17)11(14)15;/h4-7,10-11H,18H2,1-3H3;1H/t10-;/m1./s1. The van der Waals surface area contributed by atoms with E-state index in [0.717, 1.165) is 5.56 Å². The molecule has 7 heteroatoms. The summed E-state index contributed by atoms with van der Waals surface area (Å²) in [7, 11) is 0. The van der Waals surface area contributed by atoms with Gasteiger partial charge in [-0.05, 0) is 23.1 Å². The van der Waals surface area contributed by atoms with Gasteiger partial charge in [0.15, 0.2) is 0 Å². The lowest BCUT2D eigenvalue weighted by Crippen LogP contribution is -2.33. The SMILES string of the molecule is CC(C)(C)[C@H](N)c1ccc(OC(F)(F)C(F)F)cc1.Cl. The molecule has 0 aliphatic heterocycles. The molecule has 0 amide bonds. The van der Waals surface area contributed by atoms with Crippen LogP contribution in [0.1, 0.15) is 32.4 Å². The third kappa shape index (κ3) is 4.83. The van der Waals surface area contributed by atoms with Gasteiger partial charge < -0.3 is 10.5 Å². The Bertz CT molecular complexity index is 417. The van der Waals surface area contributed by atoms with Gasteiger partial charge in [0.1, 0.15) is 5.75 Å². The number of benzene rings is 1. The fourth-order valence-corrected chi connectivity index (χ4v) is 1.44. The summed E-state index contributed by atoms with van der Waals surface area (Å²) in [4.78, 5) is 0. The number of rotatable bonds is 4. The molecule has 0 aromatic heterocycles. The molecule has 0 fully saturated rings. The quantitative estimate of drug-likeness (QED) is 0.836. The van der Waals surface area contributed by atoms with Crippen LogP contribution >= 0.6 is 12.4 Å². The Morgan fingerprint density at radius 2 is 1.50 bits per heavy atom. The molecule has 0 bridgehead atoms. The van der Waals surface area contributed by atoms with Crippen molar-refractivity contribution in [3.63, 3.8) is 0 Å². The van der Waals surface area contributed by atoms with E-state index in [1.165, 1.54) is 24.3 Å². The van der Waals surface area contributed by atoms with Crippen LogP contribution < -0.4 is 10.5 Å². The number of nitrogens with two attached hydrogens (primary N) is 1. The van der Waals surface area contributed by atoms with Gasteiger partial charge in [0.25, 0.3) is 0 Å². The van der Waals surface area contributed by atoms with Gasteiger partial charge in [0.05, 0.1) is 0 Å². The van der Waals surface area contributed by atoms with Crippen LogP contribution in [0.3, 0.4) is 0 Å². The van der Waals surface area contributed by atoms with E-state index >= 15 is 0 Å². The summed E-state index contributed by atoms with van der Waals surface area (Å²) in [5.74, 6) is -0.324. The molecule has 1 aromatic rings. The molecule has 0 saturated heterocycles. The van der Waals surface area contributed by atoms with Crippen molar-refractivity contribution in [2.45, 2.75) is 39.3 Å². The van der Waals surface area contributed by atoms with Gasteiger partial charge in [-0.1, -0.05) is 32.9 Å². The number of alkyl halides is 4. The van der Waals surface area contributed by atoms with Crippen LogP contribution in [-0.4, -0.2) is 12.5 Å². The first-order valence-electron chi connectivity index (χ1n) is 5.74. The first kappa shape index (κ1) is 19.0. The number of hydrogen-bond donors (Lipinski definition) is 1. The van der Waals surface area contributed by atoms with Gasteiger partial charge in [0.2, 0.25) is 0 Å². The molecule has 0 aliphatic rings. The van der Waals surface area contributed by atoms with E-state index < -0.39 is 12.5 Å². The first-order valence-corrected chi connectivity index (χ1v) is 5.74. The zero-order valence-corrected chi connectivity index (χ0v) is 12.2. The highest BCUT2D eigenvalue weighted by Gasteiger charge is 2.43. The Kier molecular flexibility index (Phi) is 6.29. The van der Waals surface area contributed by atoms with Gasteiger partial charge in [0, 0.05) is 6.04 Å². The second-order valence-corrected chi connectivity index (χ2v) is 5.38. The smallest absolute Gasteiger partial charge is 0.428 e. The molecule has 0 radical (unpaired) electrons. The fraction of sp³-hybridized carbons (Fsp3) is 0.538. The molecule has 116 valence electrons. The Hall–Kier alpha value is -1.01. The van der Waals surface area contributed by atoms with Crippen molar-refractivity contribution in [3.8, 4) is 5.75 Å². The summed E-state index contributed by atoms with van der Waals surface area (Å²) in [5.41, 5.74) is 6.51. The molecule has 1 rings (SSSR count). The number of hydrogen-bond acceptors (Lipinski definition) is 2. The Labute approximate surface area is 121 Å². The molecule has 0 heterocycles. The number of ether oxygens (including phenoxy) is 1. The molecule has 1 aromatic carbocycles. The summed E-state index contributed by atoms with van der Waals surface area (Å²) in [6.07, 6.45) is -8.36. The van der Waals surface area contributed by atoms with Crippen LogP contribution in [0.5, 0.6) is 5.75 Å². The van der Waals surface area contributed by atoms with Crippen molar-refractivity contribution in [1.82, 2.24) is 0 Å². The van der Waals surface area contributed by atoms with Crippen molar-refractivity contribution >= 4 is 12.4 Å². The van der Waals surface area contributed by atoms with E-state index in [1.807, 2.05) is 20.8 Å². The van der Waals surface area contributed by atoms with Gasteiger partial charge in [-0.2, -0.15) is 17.6 Å². The van der Waals surface area contributed by atoms with Crippen molar-refractivity contribution in [2.24, 2.45) is 11.1 Å². The summed E-state index contributed by atoms with van der Waals surface area (Å²) in [6, 6.07) is 5.10. The van der Waals surface area contributed by atoms with E-state index in [2.05, 4.69) is 4.74 Å². The van der Waals surface area contributed by atoms with Crippen LogP contribution in [-0.2, 0) is 0 Å². The summed E-state index contributed by atoms with van der Waals surface area (Å²) in [6.45, 7) is 5.81. The van der Waals surface area contributed by atoms with Crippen LogP contribution in [0, 0.1) is 5.41 Å². The van der Waals surface area contributed by atoms with Crippen molar-refractivity contribution < 1.29 is 22.3 Å². The maximum Gasteiger partial charge on any atom is 0.461 e. The Morgan fingerprint density at radius 3 is 1.85 bits per heavy atom. The lowest BCUT2D eigenvalue weighted by Gasteiger charge is -2.27. The van der Waals surface area contributed by atoms with E-state index in [0.29, 0.717) is 0 Å². The molecular weight excluding hydrogens is 298 g/mol. The largest absolute Gasteiger partial charge is 0.461 e. The van der Waals surface area contributed by atoms with Gasteiger partial charge >= 0.3 is 12.5 Å². The van der Waals surface area contributed by atoms with E-state index in [1.54, 1.807) is 0 Å². The molecule has 2 N–H and O–H groups in total. The van der Waals surface area contributed by atoms with E-state index in [-0.39, 0.29) is 29.6 Å². The van der Waals surface area contributed by atoms with Crippen molar-refractivity contribution in [2.75, 3.05) is 0 Å². The average Bonchev–Trinajstić information content (AvgIpc) is 2.27. The molecular formula is C13H18ClF4NO. The van der Waals surface area contributed by atoms with Gasteiger partial charge in [-0.3, -0.25) is 0 Å². The highest BCUT2D eigenvalue weighted by Crippen LogP contribution is 2.32. The second-order valence-electron chi connectivity index (χ2n) is 5.38. The molecule has 20 heavy (non-hydrogen) atoms. The highest BCUT2D eigenvalue weighted by molar-refractivity contribution is 5.85. The molecule has 2 nitrogen and oxygen atoms in total. The van der Waals surface area contributed by atoms with Crippen molar-refractivity contribution in [1.29, 1.82) is 0 Å². The lowest BCUT2D eigenvalue weighted by atomic mass is 9.83. The molecule has 0 spiro atoms. The minimum atomic E-state index is -4.49. The third-order valence-electron chi connectivity index (χ3n) is 2.68. The lowest BCUT2D eigenvalue weighted by molar-refractivity contribution is -0.253. The third-order valence-corrected chi connectivity index (χ3v) is 2.68. The van der Waals surface area contributed by atoms with Crippen LogP contribution in [0.4, 0.5) is 17.6 Å². The van der Waals surface area contributed by atoms with Crippen LogP contribution in [0.15, 0.2) is 24.3 Å². The highest BCUT2D eigenvalue weighted by atomic mass is 35.5. The van der Waals surface area contributed by atoms with Gasteiger partial charge in [-0.25, -0.2) is 0 Å². The van der Waals surface area contributed by atoms with E-state index in [9.17, 15) is 17.6 Å². The fourth-order valence-electron chi connectivity index (χ4n) is 1.44. The van der Waals surface area contributed by atoms with Crippen LogP contribution in [0.25, 0.3) is 0 Å². The summed E-state index contributed by atoms with van der Waals surface area (Å²) in [5, 5.41) is 0. The molecule has 0 saturated carbocycles. The maximum atomic E-state index is 12.7. The van der Waals surface area contributed by atoms with Crippen LogP contribution in [0.2, 0.25) is 0 Å².